The number of morpholine rings is 1. The normalized spacial score (nSPS) is 15.0. The van der Waals surface area contributed by atoms with Gasteiger partial charge in [-0.1, -0.05) is 39.4 Å². The number of rotatable bonds is 5. The van der Waals surface area contributed by atoms with Gasteiger partial charge in [-0.25, -0.2) is 4.98 Å². The lowest BCUT2D eigenvalue weighted by molar-refractivity contribution is 0.0391. The molecule has 0 bridgehead atoms. The van der Waals surface area contributed by atoms with Gasteiger partial charge in [0.05, 0.1) is 23.4 Å². The van der Waals surface area contributed by atoms with Crippen molar-refractivity contribution < 1.29 is 9.53 Å². The van der Waals surface area contributed by atoms with Gasteiger partial charge >= 0.3 is 0 Å². The predicted molar refractivity (Wildman–Crippen MR) is 122 cm³/mol. The number of carbonyl (C=O) groups excluding carboxylic acids is 1. The molecule has 0 radical (unpaired) electrons. The molecule has 29 heavy (non-hydrogen) atoms. The Morgan fingerprint density at radius 2 is 2.03 bits per heavy atom. The molecule has 1 fully saturated rings. The average Bonchev–Trinajstić information content (AvgIpc) is 3.13. The van der Waals surface area contributed by atoms with Gasteiger partial charge in [-0.3, -0.25) is 14.6 Å². The highest BCUT2D eigenvalue weighted by atomic mass is 79.9. The molecule has 1 aliphatic heterocycles. The largest absolute Gasteiger partial charge is 0.379 e. The molecule has 152 valence electrons. The predicted octanol–water partition coefficient (Wildman–Crippen LogP) is 4.65. The molecule has 4 rings (SSSR count). The molecular weight excluding hydrogens is 450 g/mol. The summed E-state index contributed by atoms with van der Waals surface area (Å²) >= 11 is 5.06. The minimum atomic E-state index is -0.0204. The van der Waals surface area contributed by atoms with E-state index in [4.69, 9.17) is 9.72 Å². The van der Waals surface area contributed by atoms with E-state index in [0.29, 0.717) is 12.1 Å². The molecule has 0 N–H and O–H groups in total. The van der Waals surface area contributed by atoms with E-state index >= 15 is 0 Å². The fourth-order valence-electron chi connectivity index (χ4n) is 3.60. The first-order valence-electron chi connectivity index (χ1n) is 9.76. The number of halogens is 1. The van der Waals surface area contributed by atoms with Gasteiger partial charge in [0.2, 0.25) is 0 Å². The molecule has 2 heterocycles. The van der Waals surface area contributed by atoms with Gasteiger partial charge in [0.15, 0.2) is 5.13 Å². The lowest BCUT2D eigenvalue weighted by atomic mass is 10.1. The summed E-state index contributed by atoms with van der Waals surface area (Å²) in [6.07, 6.45) is 0. The Hall–Kier alpha value is -1.80. The third kappa shape index (κ3) is 4.69. The molecular formula is C22H24BrN3O2S. The monoisotopic (exact) mass is 473 g/mol. The Balaban J connectivity index is 1.67. The standard InChI is InChI=1S/C22H24BrN3O2S/c1-15-12-16(2)20-19(13-15)29-22(24-20)26(7-6-25-8-10-28-11-9-25)21(27)17-4-3-5-18(23)14-17/h3-5,12-14H,6-11H2,1-2H3. The maximum atomic E-state index is 13.4. The maximum Gasteiger partial charge on any atom is 0.260 e. The Bertz CT molecular complexity index is 1030. The molecule has 2 aromatic carbocycles. The van der Waals surface area contributed by atoms with E-state index in [9.17, 15) is 4.79 Å². The van der Waals surface area contributed by atoms with Crippen molar-refractivity contribution in [1.82, 2.24) is 9.88 Å². The molecule has 5 nitrogen and oxygen atoms in total. The zero-order valence-electron chi connectivity index (χ0n) is 16.7. The van der Waals surface area contributed by atoms with Crippen LogP contribution in [0.1, 0.15) is 21.5 Å². The van der Waals surface area contributed by atoms with Crippen molar-refractivity contribution in [2.45, 2.75) is 13.8 Å². The van der Waals surface area contributed by atoms with Crippen LogP contribution in [0.3, 0.4) is 0 Å². The summed E-state index contributed by atoms with van der Waals surface area (Å²) in [4.78, 5) is 22.5. The first-order valence-corrected chi connectivity index (χ1v) is 11.4. The fraction of sp³-hybridized carbons (Fsp3) is 0.364. The summed E-state index contributed by atoms with van der Waals surface area (Å²) in [6, 6.07) is 11.8. The van der Waals surface area contributed by atoms with Crippen LogP contribution >= 0.6 is 27.3 Å². The third-order valence-corrected chi connectivity index (χ3v) is 6.63. The first-order chi connectivity index (χ1) is 14.0. The third-order valence-electron chi connectivity index (χ3n) is 5.11. The lowest BCUT2D eigenvalue weighted by Gasteiger charge is -2.29. The van der Waals surface area contributed by atoms with Gasteiger partial charge in [-0.2, -0.15) is 0 Å². The van der Waals surface area contributed by atoms with Crippen LogP contribution in [-0.4, -0.2) is 55.2 Å². The summed E-state index contributed by atoms with van der Waals surface area (Å²) in [7, 11) is 0. The Morgan fingerprint density at radius 1 is 1.24 bits per heavy atom. The minimum absolute atomic E-state index is 0.0204. The van der Waals surface area contributed by atoms with E-state index in [2.05, 4.69) is 46.8 Å². The van der Waals surface area contributed by atoms with E-state index in [1.165, 1.54) is 5.56 Å². The number of thiazole rings is 1. The topological polar surface area (TPSA) is 45.7 Å². The summed E-state index contributed by atoms with van der Waals surface area (Å²) in [5.74, 6) is -0.0204. The van der Waals surface area contributed by atoms with Crippen molar-refractivity contribution >= 4 is 48.5 Å². The lowest BCUT2D eigenvalue weighted by Crippen LogP contribution is -2.43. The second kappa shape index (κ2) is 8.92. The maximum absolute atomic E-state index is 13.4. The van der Waals surface area contributed by atoms with Gasteiger partial charge in [0.25, 0.3) is 5.91 Å². The summed E-state index contributed by atoms with van der Waals surface area (Å²) in [5, 5.41) is 0.756. The van der Waals surface area contributed by atoms with Crippen LogP contribution in [0.4, 0.5) is 5.13 Å². The SMILES string of the molecule is Cc1cc(C)c2nc(N(CCN3CCOCC3)C(=O)c3cccc(Br)c3)sc2c1. The number of anilines is 1. The highest BCUT2D eigenvalue weighted by molar-refractivity contribution is 9.10. The first kappa shape index (κ1) is 20.5. The quantitative estimate of drug-likeness (QED) is 0.540. The van der Waals surface area contributed by atoms with Crippen LogP contribution in [0.5, 0.6) is 0 Å². The molecule has 3 aromatic rings. The van der Waals surface area contributed by atoms with Crippen LogP contribution in [0.15, 0.2) is 40.9 Å². The molecule has 1 amide bonds. The van der Waals surface area contributed by atoms with Crippen molar-refractivity contribution in [2.24, 2.45) is 0 Å². The fourth-order valence-corrected chi connectivity index (χ4v) is 5.17. The molecule has 7 heteroatoms. The summed E-state index contributed by atoms with van der Waals surface area (Å²) < 4.78 is 7.46. The number of aryl methyl sites for hydroxylation is 2. The van der Waals surface area contributed by atoms with Gasteiger partial charge in [-0.05, 0) is 49.2 Å². The number of ether oxygens (including phenoxy) is 1. The second-order valence-corrected chi connectivity index (χ2v) is 9.27. The minimum Gasteiger partial charge on any atom is -0.379 e. The molecule has 1 aliphatic rings. The Kier molecular flexibility index (Phi) is 6.29. The van der Waals surface area contributed by atoms with E-state index in [0.717, 1.165) is 58.2 Å². The zero-order valence-corrected chi connectivity index (χ0v) is 19.1. The van der Waals surface area contributed by atoms with Gasteiger partial charge in [0.1, 0.15) is 0 Å². The number of nitrogens with zero attached hydrogens (tertiary/aromatic N) is 3. The zero-order chi connectivity index (χ0) is 20.4. The van der Waals surface area contributed by atoms with Crippen LogP contribution in [0.2, 0.25) is 0 Å². The van der Waals surface area contributed by atoms with Gasteiger partial charge < -0.3 is 4.74 Å². The Morgan fingerprint density at radius 3 is 2.79 bits per heavy atom. The highest BCUT2D eigenvalue weighted by Crippen LogP contribution is 2.32. The number of fused-ring (bicyclic) bond motifs is 1. The number of hydrogen-bond acceptors (Lipinski definition) is 5. The van der Waals surface area contributed by atoms with E-state index in [1.807, 2.05) is 29.2 Å². The van der Waals surface area contributed by atoms with Crippen molar-refractivity contribution in [2.75, 3.05) is 44.3 Å². The number of benzene rings is 2. The molecule has 0 aliphatic carbocycles. The molecule has 0 saturated carbocycles. The average molecular weight is 474 g/mol. The van der Waals surface area contributed by atoms with Crippen LogP contribution < -0.4 is 4.90 Å². The van der Waals surface area contributed by atoms with Crippen LogP contribution in [0.25, 0.3) is 10.2 Å². The van der Waals surface area contributed by atoms with E-state index in [1.54, 1.807) is 11.3 Å². The number of hydrogen-bond donors (Lipinski definition) is 0. The van der Waals surface area contributed by atoms with Gasteiger partial charge in [0, 0.05) is 36.2 Å². The summed E-state index contributed by atoms with van der Waals surface area (Å²) in [5.41, 5.74) is 4.00. The molecule has 0 atom stereocenters. The van der Waals surface area contributed by atoms with Crippen molar-refractivity contribution in [3.05, 3.63) is 57.6 Å². The van der Waals surface area contributed by atoms with Crippen molar-refractivity contribution in [1.29, 1.82) is 0 Å². The molecule has 0 spiro atoms. The molecule has 1 aromatic heterocycles. The Labute approximate surface area is 183 Å². The second-order valence-electron chi connectivity index (χ2n) is 7.35. The molecule has 1 saturated heterocycles. The number of amides is 1. The van der Waals surface area contributed by atoms with E-state index < -0.39 is 0 Å². The van der Waals surface area contributed by atoms with E-state index in [-0.39, 0.29) is 5.91 Å². The molecule has 0 unspecified atom stereocenters. The summed E-state index contributed by atoms with van der Waals surface area (Å²) in [6.45, 7) is 8.87. The smallest absolute Gasteiger partial charge is 0.260 e. The number of aromatic nitrogens is 1. The highest BCUT2D eigenvalue weighted by Gasteiger charge is 2.23. The van der Waals surface area contributed by atoms with Crippen LogP contribution in [0, 0.1) is 13.8 Å². The van der Waals surface area contributed by atoms with Crippen molar-refractivity contribution in [3.8, 4) is 0 Å². The van der Waals surface area contributed by atoms with Crippen molar-refractivity contribution in [3.63, 3.8) is 0 Å². The van der Waals surface area contributed by atoms with Crippen LogP contribution in [-0.2, 0) is 4.74 Å². The van der Waals surface area contributed by atoms with Gasteiger partial charge in [-0.15, -0.1) is 0 Å². The number of carbonyl (C=O) groups is 1.